The quantitative estimate of drug-likeness (QED) is 0.841. The highest BCUT2D eigenvalue weighted by atomic mass is 32.1. The molecule has 1 saturated heterocycles. The molecule has 4 heteroatoms. The lowest BCUT2D eigenvalue weighted by atomic mass is 10.0. The smallest absolute Gasteiger partial charge is 0.125 e. The summed E-state index contributed by atoms with van der Waals surface area (Å²) in [6.07, 6.45) is 0. The van der Waals surface area contributed by atoms with Crippen LogP contribution in [0.25, 0.3) is 10.1 Å². The van der Waals surface area contributed by atoms with Crippen molar-refractivity contribution in [1.82, 2.24) is 9.80 Å². The van der Waals surface area contributed by atoms with Crippen LogP contribution in [0.2, 0.25) is 0 Å². The van der Waals surface area contributed by atoms with Gasteiger partial charge in [0.15, 0.2) is 0 Å². The molecule has 19 heavy (non-hydrogen) atoms. The summed E-state index contributed by atoms with van der Waals surface area (Å²) in [6.45, 7) is 4.03. The second kappa shape index (κ2) is 5.30. The van der Waals surface area contributed by atoms with E-state index in [0.29, 0.717) is 0 Å². The lowest BCUT2D eigenvalue weighted by molar-refractivity contribution is 0.133. The second-order valence-corrected chi connectivity index (χ2v) is 5.97. The molecule has 0 radical (unpaired) electrons. The molecule has 3 rings (SSSR count). The topological polar surface area (TPSA) is 30.3 Å². The van der Waals surface area contributed by atoms with Crippen LogP contribution in [0.4, 0.5) is 0 Å². The minimum absolute atomic E-state index is 0.107. The maximum Gasteiger partial charge on any atom is 0.125 e. The maximum absolute atomic E-state index is 9.57. The third-order valence-corrected chi connectivity index (χ3v) is 4.81. The highest BCUT2D eigenvalue weighted by molar-refractivity contribution is 7.17. The standard InChI is InChI=1S/C15H17N3S/c1-17-6-8-18(9-7-17)14(10-16)13-11-19-15-5-3-2-4-12(13)15/h2-5,11,14H,6-9H2,1H3. The van der Waals surface area contributed by atoms with Gasteiger partial charge < -0.3 is 4.90 Å². The molecule has 2 heterocycles. The van der Waals surface area contributed by atoms with Crippen LogP contribution in [0.15, 0.2) is 29.6 Å². The van der Waals surface area contributed by atoms with E-state index in [2.05, 4.69) is 52.6 Å². The number of likely N-dealkylation sites (N-methyl/N-ethyl adjacent to an activating group) is 1. The minimum Gasteiger partial charge on any atom is -0.304 e. The molecule has 1 atom stereocenters. The van der Waals surface area contributed by atoms with Crippen LogP contribution in [0.5, 0.6) is 0 Å². The molecule has 1 aromatic carbocycles. The molecular weight excluding hydrogens is 254 g/mol. The van der Waals surface area contributed by atoms with Crippen molar-refractivity contribution >= 4 is 21.4 Å². The summed E-state index contributed by atoms with van der Waals surface area (Å²) in [7, 11) is 2.14. The van der Waals surface area contributed by atoms with E-state index in [1.807, 2.05) is 0 Å². The van der Waals surface area contributed by atoms with Gasteiger partial charge in [0, 0.05) is 36.4 Å². The van der Waals surface area contributed by atoms with Gasteiger partial charge in [-0.15, -0.1) is 11.3 Å². The minimum atomic E-state index is -0.107. The number of piperazine rings is 1. The first-order valence-corrected chi connectivity index (χ1v) is 7.46. The Morgan fingerprint density at radius 2 is 1.95 bits per heavy atom. The van der Waals surface area contributed by atoms with Gasteiger partial charge in [-0.3, -0.25) is 4.90 Å². The Bertz CT molecular complexity index is 605. The molecule has 1 aliphatic rings. The monoisotopic (exact) mass is 271 g/mol. The largest absolute Gasteiger partial charge is 0.304 e. The number of fused-ring (bicyclic) bond motifs is 1. The Morgan fingerprint density at radius 1 is 1.21 bits per heavy atom. The zero-order valence-corrected chi connectivity index (χ0v) is 11.9. The molecular formula is C15H17N3S. The van der Waals surface area contributed by atoms with Crippen molar-refractivity contribution in [3.63, 3.8) is 0 Å². The summed E-state index contributed by atoms with van der Waals surface area (Å²) in [5.41, 5.74) is 1.17. The van der Waals surface area contributed by atoms with Crippen molar-refractivity contribution in [3.8, 4) is 6.07 Å². The van der Waals surface area contributed by atoms with Crippen molar-refractivity contribution in [2.45, 2.75) is 6.04 Å². The van der Waals surface area contributed by atoms with Gasteiger partial charge in [-0.05, 0) is 23.9 Å². The van der Waals surface area contributed by atoms with E-state index < -0.39 is 0 Å². The number of nitrogens with zero attached hydrogens (tertiary/aromatic N) is 3. The summed E-state index contributed by atoms with van der Waals surface area (Å²) in [5, 5.41) is 13.0. The Labute approximate surface area is 117 Å². The molecule has 0 saturated carbocycles. The summed E-state index contributed by atoms with van der Waals surface area (Å²) in [4.78, 5) is 4.62. The second-order valence-electron chi connectivity index (χ2n) is 5.06. The van der Waals surface area contributed by atoms with Gasteiger partial charge in [0.2, 0.25) is 0 Å². The average Bonchev–Trinajstić information content (AvgIpc) is 2.86. The van der Waals surface area contributed by atoms with Crippen LogP contribution in [0.3, 0.4) is 0 Å². The molecule has 1 unspecified atom stereocenters. The van der Waals surface area contributed by atoms with Gasteiger partial charge in [-0.25, -0.2) is 0 Å². The van der Waals surface area contributed by atoms with E-state index in [1.165, 1.54) is 15.6 Å². The molecule has 0 N–H and O–H groups in total. The molecule has 1 aliphatic heterocycles. The maximum atomic E-state index is 9.57. The first kappa shape index (κ1) is 12.6. The van der Waals surface area contributed by atoms with Gasteiger partial charge >= 0.3 is 0 Å². The average molecular weight is 271 g/mol. The highest BCUT2D eigenvalue weighted by Crippen LogP contribution is 2.33. The normalized spacial score (nSPS) is 19.4. The molecule has 0 amide bonds. The van der Waals surface area contributed by atoms with Crippen LogP contribution < -0.4 is 0 Å². The molecule has 1 aromatic heterocycles. The van der Waals surface area contributed by atoms with E-state index in [4.69, 9.17) is 0 Å². The predicted molar refractivity (Wildman–Crippen MR) is 79.2 cm³/mol. The molecule has 2 aromatic rings. The molecule has 98 valence electrons. The highest BCUT2D eigenvalue weighted by Gasteiger charge is 2.25. The predicted octanol–water partition coefficient (Wildman–Crippen LogP) is 2.71. The van der Waals surface area contributed by atoms with Crippen molar-refractivity contribution in [2.24, 2.45) is 0 Å². The number of rotatable bonds is 2. The van der Waals surface area contributed by atoms with Crippen LogP contribution >= 0.6 is 11.3 Å². The van der Waals surface area contributed by atoms with Gasteiger partial charge in [0.1, 0.15) is 6.04 Å². The third-order valence-electron chi connectivity index (χ3n) is 3.83. The number of thiophene rings is 1. The number of hydrogen-bond donors (Lipinski definition) is 0. The summed E-state index contributed by atoms with van der Waals surface area (Å²) in [5.74, 6) is 0. The van der Waals surface area contributed by atoms with Gasteiger partial charge in [-0.2, -0.15) is 5.26 Å². The van der Waals surface area contributed by atoms with Crippen LogP contribution in [-0.2, 0) is 0 Å². The molecule has 0 spiro atoms. The van der Waals surface area contributed by atoms with Gasteiger partial charge in [0.05, 0.1) is 6.07 Å². The van der Waals surface area contributed by atoms with Crippen molar-refractivity contribution in [1.29, 1.82) is 5.26 Å². The fraction of sp³-hybridized carbons (Fsp3) is 0.400. The Kier molecular flexibility index (Phi) is 3.52. The van der Waals surface area contributed by atoms with Crippen LogP contribution in [0.1, 0.15) is 11.6 Å². The number of nitriles is 1. The lowest BCUT2D eigenvalue weighted by Crippen LogP contribution is -2.45. The van der Waals surface area contributed by atoms with E-state index >= 15 is 0 Å². The van der Waals surface area contributed by atoms with E-state index in [1.54, 1.807) is 11.3 Å². The van der Waals surface area contributed by atoms with Crippen LogP contribution in [-0.4, -0.2) is 43.0 Å². The summed E-state index contributed by atoms with van der Waals surface area (Å²) in [6, 6.07) is 10.8. The van der Waals surface area contributed by atoms with Crippen molar-refractivity contribution < 1.29 is 0 Å². The Morgan fingerprint density at radius 3 is 2.68 bits per heavy atom. The van der Waals surface area contributed by atoms with E-state index in [9.17, 15) is 5.26 Å². The number of hydrogen-bond acceptors (Lipinski definition) is 4. The number of benzene rings is 1. The van der Waals surface area contributed by atoms with E-state index in [0.717, 1.165) is 26.2 Å². The summed E-state index contributed by atoms with van der Waals surface area (Å²) < 4.78 is 1.27. The lowest BCUT2D eigenvalue weighted by Gasteiger charge is -2.35. The molecule has 0 aliphatic carbocycles. The van der Waals surface area contributed by atoms with Crippen molar-refractivity contribution in [2.75, 3.05) is 33.2 Å². The van der Waals surface area contributed by atoms with Gasteiger partial charge in [0.25, 0.3) is 0 Å². The fourth-order valence-corrected chi connectivity index (χ4v) is 3.62. The van der Waals surface area contributed by atoms with Crippen molar-refractivity contribution in [3.05, 3.63) is 35.2 Å². The Hall–Kier alpha value is -1.41. The van der Waals surface area contributed by atoms with E-state index in [-0.39, 0.29) is 6.04 Å². The first-order chi connectivity index (χ1) is 9.29. The zero-order valence-electron chi connectivity index (χ0n) is 11.0. The Balaban J connectivity index is 1.92. The van der Waals surface area contributed by atoms with Crippen LogP contribution in [0, 0.1) is 11.3 Å². The summed E-state index contributed by atoms with van der Waals surface area (Å²) >= 11 is 1.73. The molecule has 3 nitrogen and oxygen atoms in total. The first-order valence-electron chi connectivity index (χ1n) is 6.58. The fourth-order valence-electron chi connectivity index (χ4n) is 2.64. The van der Waals surface area contributed by atoms with Gasteiger partial charge in [-0.1, -0.05) is 18.2 Å². The molecule has 1 fully saturated rings. The zero-order chi connectivity index (χ0) is 13.2. The third kappa shape index (κ3) is 2.37. The SMILES string of the molecule is CN1CCN(C(C#N)c2csc3ccccc23)CC1. The molecule has 0 bridgehead atoms.